The Morgan fingerprint density at radius 2 is 0.912 bits per heavy atom. The average Bonchev–Trinajstić information content (AvgIpc) is 3.76. The Kier molecular flexibility index (Phi) is 7.66. The van der Waals surface area contributed by atoms with E-state index < -0.39 is 7.44 Å². The van der Waals surface area contributed by atoms with Crippen LogP contribution in [-0.4, -0.2) is 14.5 Å². The lowest BCUT2D eigenvalue weighted by Gasteiger charge is -2.32. The molecule has 0 fully saturated rings. The lowest BCUT2D eigenvalue weighted by atomic mass is 10.0. The van der Waals surface area contributed by atoms with E-state index in [1.165, 1.54) is 10.8 Å². The summed E-state index contributed by atoms with van der Waals surface area (Å²) in [5, 5.41) is 3.26. The van der Waals surface area contributed by atoms with Crippen LogP contribution < -0.4 is 14.9 Å². The summed E-state index contributed by atoms with van der Waals surface area (Å²) >= 11 is 0. The zero-order valence-electron chi connectivity index (χ0n) is 30.7. The predicted octanol–water partition coefficient (Wildman–Crippen LogP) is 12.9. The maximum atomic E-state index is 16.8. The Labute approximate surface area is 330 Å². The molecule has 0 radical (unpaired) electrons. The van der Waals surface area contributed by atoms with Gasteiger partial charge in [0.1, 0.15) is 0 Å². The quantitative estimate of drug-likeness (QED) is 0.158. The molecular formula is C50H34N5OP. The van der Waals surface area contributed by atoms with Crippen LogP contribution in [-0.2, 0) is 4.57 Å². The van der Waals surface area contributed by atoms with E-state index in [2.05, 4.69) is 89.5 Å². The van der Waals surface area contributed by atoms with E-state index in [-0.39, 0.29) is 5.57 Å². The molecule has 0 aliphatic carbocycles. The SMILES string of the molecule is O=P1(c2nc(-c3ccccc3)c3ccccc3n2)N(c2ccccc2)c2ccc(-c3ccc4c(c3)c3ccccc3n4-c3ccccc3)cc2N1c1ccccc1. The van der Waals surface area contributed by atoms with Gasteiger partial charge < -0.3 is 4.57 Å². The first-order valence-corrected chi connectivity index (χ1v) is 20.7. The molecule has 1 aliphatic heterocycles. The van der Waals surface area contributed by atoms with Crippen LogP contribution in [0.3, 0.4) is 0 Å². The molecule has 0 bridgehead atoms. The van der Waals surface area contributed by atoms with E-state index in [0.717, 1.165) is 72.8 Å². The third-order valence-electron chi connectivity index (χ3n) is 10.9. The lowest BCUT2D eigenvalue weighted by molar-refractivity contribution is 0.581. The van der Waals surface area contributed by atoms with Crippen LogP contribution in [0.4, 0.5) is 22.7 Å². The number of fused-ring (bicyclic) bond motifs is 5. The van der Waals surface area contributed by atoms with Gasteiger partial charge in [0.15, 0.2) is 0 Å². The second-order valence-corrected chi connectivity index (χ2v) is 16.5. The van der Waals surface area contributed by atoms with Gasteiger partial charge in [-0.2, -0.15) is 0 Å². The van der Waals surface area contributed by atoms with Gasteiger partial charge in [0.05, 0.1) is 33.6 Å². The topological polar surface area (TPSA) is 54.3 Å². The largest absolute Gasteiger partial charge is 0.338 e. The van der Waals surface area contributed by atoms with Gasteiger partial charge in [-0.3, -0.25) is 13.9 Å². The number of hydrogen-bond acceptors (Lipinski definition) is 3. The summed E-state index contributed by atoms with van der Waals surface area (Å²) in [6.07, 6.45) is 0. The van der Waals surface area contributed by atoms with E-state index in [4.69, 9.17) is 9.97 Å². The van der Waals surface area contributed by atoms with Crippen molar-refractivity contribution in [3.05, 3.63) is 206 Å². The molecular weight excluding hydrogens is 718 g/mol. The standard InChI is InChI=1S/C50H34N5OP/c56-57(50-51-44-27-15-13-26-42(44)49(52-50)35-17-5-1-6-18-35)54(39-21-9-3-10-22-39)47-32-30-37(34-48(47)55(57)40-23-11-4-12-24-40)36-29-31-46-43(33-36)41-25-14-16-28-45(41)53(46)38-19-7-2-8-20-38/h1-34H. The van der Waals surface area contributed by atoms with Gasteiger partial charge in [0.25, 0.3) is 0 Å². The molecule has 1 aliphatic rings. The fourth-order valence-corrected chi connectivity index (χ4v) is 11.2. The molecule has 6 nitrogen and oxygen atoms in total. The van der Waals surface area contributed by atoms with Crippen molar-refractivity contribution in [2.75, 3.05) is 9.34 Å². The third-order valence-corrected chi connectivity index (χ3v) is 13.6. The average molecular weight is 752 g/mol. The second-order valence-electron chi connectivity index (χ2n) is 14.2. The van der Waals surface area contributed by atoms with Crippen molar-refractivity contribution in [3.63, 3.8) is 0 Å². The van der Waals surface area contributed by atoms with Crippen molar-refractivity contribution >= 4 is 68.5 Å². The van der Waals surface area contributed by atoms with Crippen molar-refractivity contribution in [2.45, 2.75) is 0 Å². The summed E-state index contributed by atoms with van der Waals surface area (Å²) in [6, 6.07) is 70.2. The number of rotatable bonds is 6. The lowest BCUT2D eigenvalue weighted by Crippen LogP contribution is -2.30. The van der Waals surface area contributed by atoms with E-state index in [1.54, 1.807) is 0 Å². The maximum absolute atomic E-state index is 16.8. The molecule has 0 spiro atoms. The molecule has 0 saturated carbocycles. The summed E-state index contributed by atoms with van der Waals surface area (Å²) in [7, 11) is -3.89. The Morgan fingerprint density at radius 3 is 1.61 bits per heavy atom. The first-order chi connectivity index (χ1) is 28.2. The van der Waals surface area contributed by atoms with Gasteiger partial charge in [-0.15, -0.1) is 0 Å². The van der Waals surface area contributed by atoms with Gasteiger partial charge >= 0.3 is 7.44 Å². The highest BCUT2D eigenvalue weighted by Crippen LogP contribution is 2.70. The number of nitrogens with zero attached hydrogens (tertiary/aromatic N) is 5. The Hall–Kier alpha value is -7.27. The van der Waals surface area contributed by atoms with Crippen molar-refractivity contribution in [1.82, 2.24) is 14.5 Å². The summed E-state index contributed by atoms with van der Waals surface area (Å²) in [4.78, 5) is 10.4. The van der Waals surface area contributed by atoms with E-state index >= 15 is 4.57 Å². The van der Waals surface area contributed by atoms with Crippen LogP contribution in [0.15, 0.2) is 206 Å². The molecule has 0 N–H and O–H groups in total. The zero-order valence-corrected chi connectivity index (χ0v) is 31.6. The molecule has 2 aromatic heterocycles. The van der Waals surface area contributed by atoms with Crippen LogP contribution >= 0.6 is 7.44 Å². The Balaban J connectivity index is 1.15. The van der Waals surface area contributed by atoms with Gasteiger partial charge in [0, 0.05) is 38.8 Å². The molecule has 0 amide bonds. The first-order valence-electron chi connectivity index (χ1n) is 19.0. The van der Waals surface area contributed by atoms with E-state index in [1.807, 2.05) is 131 Å². The van der Waals surface area contributed by atoms with Gasteiger partial charge in [-0.05, 0) is 83.9 Å². The molecule has 0 saturated heterocycles. The van der Waals surface area contributed by atoms with Crippen LogP contribution in [0.5, 0.6) is 0 Å². The van der Waals surface area contributed by atoms with Crippen molar-refractivity contribution in [3.8, 4) is 28.1 Å². The highest BCUT2D eigenvalue weighted by Gasteiger charge is 2.51. The number of benzene rings is 8. The fraction of sp³-hybridized carbons (Fsp3) is 0. The maximum Gasteiger partial charge on any atom is 0.338 e. The summed E-state index contributed by atoms with van der Waals surface area (Å²) in [5.74, 6) is 0. The normalized spacial score (nSPS) is 15.1. The monoisotopic (exact) mass is 751 g/mol. The van der Waals surface area contributed by atoms with Crippen LogP contribution in [0.25, 0.3) is 60.8 Å². The third kappa shape index (κ3) is 5.22. The van der Waals surface area contributed by atoms with Crippen LogP contribution in [0.2, 0.25) is 0 Å². The van der Waals surface area contributed by atoms with Crippen molar-refractivity contribution in [2.24, 2.45) is 0 Å². The predicted molar refractivity (Wildman–Crippen MR) is 236 cm³/mol. The number of hydrogen-bond donors (Lipinski definition) is 0. The van der Waals surface area contributed by atoms with Crippen LogP contribution in [0, 0.1) is 0 Å². The smallest absolute Gasteiger partial charge is 0.309 e. The minimum Gasteiger partial charge on any atom is -0.309 e. The minimum atomic E-state index is -3.89. The van der Waals surface area contributed by atoms with Crippen molar-refractivity contribution < 1.29 is 4.57 Å². The molecule has 3 heterocycles. The molecule has 1 atom stereocenters. The molecule has 11 rings (SSSR count). The van der Waals surface area contributed by atoms with E-state index in [0.29, 0.717) is 0 Å². The highest BCUT2D eigenvalue weighted by atomic mass is 31.2. The summed E-state index contributed by atoms with van der Waals surface area (Å²) < 4.78 is 23.1. The molecule has 8 aromatic carbocycles. The number of para-hydroxylation sites is 5. The minimum absolute atomic E-state index is 0.264. The van der Waals surface area contributed by atoms with Gasteiger partial charge in [-0.25, -0.2) is 9.97 Å². The molecule has 1 unspecified atom stereocenters. The van der Waals surface area contributed by atoms with E-state index in [9.17, 15) is 0 Å². The molecule has 10 aromatic rings. The summed E-state index contributed by atoms with van der Waals surface area (Å²) in [6.45, 7) is 0. The highest BCUT2D eigenvalue weighted by molar-refractivity contribution is 7.75. The second kappa shape index (κ2) is 13.2. The van der Waals surface area contributed by atoms with Gasteiger partial charge in [-0.1, -0.05) is 133 Å². The number of aromatic nitrogens is 3. The van der Waals surface area contributed by atoms with Crippen molar-refractivity contribution in [1.29, 1.82) is 0 Å². The fourth-order valence-electron chi connectivity index (χ4n) is 8.36. The Bertz CT molecular complexity index is 3170. The number of anilines is 4. The van der Waals surface area contributed by atoms with Gasteiger partial charge in [0.2, 0.25) is 5.57 Å². The molecule has 7 heteroatoms. The molecule has 270 valence electrons. The zero-order chi connectivity index (χ0) is 37.9. The first kappa shape index (κ1) is 33.1. The Morgan fingerprint density at radius 1 is 0.386 bits per heavy atom. The van der Waals surface area contributed by atoms with Crippen LogP contribution in [0.1, 0.15) is 0 Å². The molecule has 57 heavy (non-hydrogen) atoms. The summed E-state index contributed by atoms with van der Waals surface area (Å²) in [5.41, 5.74) is 11.4.